The average Bonchev–Trinajstić information content (AvgIpc) is 3.93. The summed E-state index contributed by atoms with van der Waals surface area (Å²) in [7, 11) is -7.72. The Morgan fingerprint density at radius 1 is 0.722 bits per heavy atom. The number of fused-ring (bicyclic) bond motifs is 4. The van der Waals surface area contributed by atoms with Crippen LogP contribution < -0.4 is 30.7 Å². The molecule has 4 aliphatic carbocycles. The maximum atomic E-state index is 13.5. The van der Waals surface area contributed by atoms with Crippen molar-refractivity contribution < 1.29 is 26.4 Å². The van der Waals surface area contributed by atoms with E-state index in [9.17, 15) is 26.4 Å². The number of nitrogens with one attached hydrogen (secondary N) is 6. The third kappa shape index (κ3) is 9.25. The predicted molar refractivity (Wildman–Crippen MR) is 216 cm³/mol. The van der Waals surface area contributed by atoms with Crippen molar-refractivity contribution in [2.45, 2.75) is 135 Å². The van der Waals surface area contributed by atoms with Crippen LogP contribution in [0.2, 0.25) is 0 Å². The van der Waals surface area contributed by atoms with Crippen molar-refractivity contribution in [2.24, 2.45) is 5.92 Å². The minimum atomic E-state index is -3.89. The zero-order valence-corrected chi connectivity index (χ0v) is 34.1. The van der Waals surface area contributed by atoms with E-state index in [1.165, 1.54) is 22.3 Å². The van der Waals surface area contributed by atoms with Crippen molar-refractivity contribution in [1.82, 2.24) is 20.1 Å². The third-order valence-corrected chi connectivity index (χ3v) is 15.0. The second-order valence-corrected chi connectivity index (χ2v) is 19.9. The lowest BCUT2D eigenvalue weighted by Gasteiger charge is -2.25. The number of hydrogen-bond donors (Lipinski definition) is 6. The zero-order valence-electron chi connectivity index (χ0n) is 32.5. The molecule has 0 bridgehead atoms. The van der Waals surface area contributed by atoms with Crippen molar-refractivity contribution in [3.8, 4) is 0 Å². The van der Waals surface area contributed by atoms with E-state index in [1.807, 2.05) is 6.92 Å². The second kappa shape index (κ2) is 17.3. The van der Waals surface area contributed by atoms with Crippen molar-refractivity contribution in [3.63, 3.8) is 0 Å². The molecule has 6 rings (SSSR count). The molecule has 4 amide bonds. The van der Waals surface area contributed by atoms with E-state index in [0.717, 1.165) is 124 Å². The van der Waals surface area contributed by atoms with Gasteiger partial charge in [-0.2, -0.15) is 0 Å². The first kappa shape index (κ1) is 40.5. The summed E-state index contributed by atoms with van der Waals surface area (Å²) >= 11 is 0. The van der Waals surface area contributed by atoms with E-state index >= 15 is 0 Å². The van der Waals surface area contributed by atoms with Crippen LogP contribution >= 0.6 is 0 Å². The van der Waals surface area contributed by atoms with Crippen molar-refractivity contribution >= 4 is 43.5 Å². The Bertz CT molecular complexity index is 1950. The van der Waals surface area contributed by atoms with Crippen LogP contribution in [-0.2, 0) is 65.0 Å². The quantitative estimate of drug-likeness (QED) is 0.113. The SMILES string of the molecule is CCCNCCC(C)S(=O)(=O)NC(=O)Nc1c2c(cc3c1C(C1Cc4cc5c(c(NC(=O)NS(=O)(=O)CCC(C)NCCC)c4C1)CCC5)CC3)CCC2. The van der Waals surface area contributed by atoms with Crippen LogP contribution in [0, 0.1) is 5.92 Å². The molecule has 0 saturated carbocycles. The van der Waals surface area contributed by atoms with Crippen molar-refractivity contribution in [1.29, 1.82) is 0 Å². The Balaban J connectivity index is 1.20. The molecule has 0 fully saturated rings. The lowest BCUT2D eigenvalue weighted by Crippen LogP contribution is -2.41. The van der Waals surface area contributed by atoms with Gasteiger partial charge in [-0.05, 0) is 180 Å². The second-order valence-electron chi connectivity index (χ2n) is 16.0. The maximum Gasteiger partial charge on any atom is 0.332 e. The standard InChI is InChI=1S/C40H60N6O6S2/c1-5-17-41-19-15-26(4)54(51,52)46-40(48)44-38-34-12-8-9-27(34)21-29-13-14-32(36(29)38)31-23-30-22-28-10-7-11-33(28)37(35(30)24-31)43-39(47)45-53(49,50)20-16-25(3)42-18-6-2/h21-22,25-26,31-32,41-42H,5-20,23-24H2,1-4H3,(H2,43,45,47)(H2,44,46,48). The van der Waals surface area contributed by atoms with Gasteiger partial charge in [-0.25, -0.2) is 35.9 Å². The number of rotatable bonds is 17. The van der Waals surface area contributed by atoms with E-state index in [4.69, 9.17) is 0 Å². The van der Waals surface area contributed by atoms with E-state index < -0.39 is 37.4 Å². The van der Waals surface area contributed by atoms with E-state index in [-0.39, 0.29) is 23.6 Å². The molecule has 12 nitrogen and oxygen atoms in total. The third-order valence-electron chi connectivity index (χ3n) is 11.9. The summed E-state index contributed by atoms with van der Waals surface area (Å²) in [6.07, 6.45) is 11.5. The number of benzene rings is 2. The van der Waals surface area contributed by atoms with Gasteiger partial charge in [-0.15, -0.1) is 0 Å². The van der Waals surface area contributed by atoms with E-state index in [1.54, 1.807) is 6.92 Å². The summed E-state index contributed by atoms with van der Waals surface area (Å²) in [5, 5.41) is 11.9. The normalized spacial score (nSPS) is 19.8. The van der Waals surface area contributed by atoms with Gasteiger partial charge < -0.3 is 21.3 Å². The minimum absolute atomic E-state index is 0.0219. The Hall–Kier alpha value is -3.20. The molecule has 298 valence electrons. The van der Waals surface area contributed by atoms with Gasteiger partial charge in [0, 0.05) is 17.4 Å². The molecule has 0 radical (unpaired) electrons. The molecule has 0 aromatic heterocycles. The van der Waals surface area contributed by atoms with Crippen molar-refractivity contribution in [3.05, 3.63) is 56.6 Å². The Kier molecular flexibility index (Phi) is 13.0. The topological polar surface area (TPSA) is 175 Å². The van der Waals surface area contributed by atoms with E-state index in [2.05, 4.69) is 56.7 Å². The molecule has 2 aromatic rings. The van der Waals surface area contributed by atoms with Gasteiger partial charge in [0.15, 0.2) is 0 Å². The molecule has 0 heterocycles. The average molecular weight is 785 g/mol. The maximum absolute atomic E-state index is 13.5. The predicted octanol–water partition coefficient (Wildman–Crippen LogP) is 5.57. The van der Waals surface area contributed by atoms with Crippen LogP contribution in [0.15, 0.2) is 12.1 Å². The van der Waals surface area contributed by atoms with Crippen LogP contribution in [0.25, 0.3) is 0 Å². The fourth-order valence-electron chi connectivity index (χ4n) is 9.13. The summed E-state index contributed by atoms with van der Waals surface area (Å²) in [6, 6.07) is 3.17. The van der Waals surface area contributed by atoms with Gasteiger partial charge >= 0.3 is 12.1 Å². The van der Waals surface area contributed by atoms with Crippen LogP contribution in [0.5, 0.6) is 0 Å². The largest absolute Gasteiger partial charge is 0.332 e. The molecule has 54 heavy (non-hydrogen) atoms. The number of carbonyl (C=O) groups is 2. The molecule has 0 spiro atoms. The van der Waals surface area contributed by atoms with Crippen LogP contribution in [-0.4, -0.2) is 65.6 Å². The van der Waals surface area contributed by atoms with Gasteiger partial charge in [0.25, 0.3) is 0 Å². The summed E-state index contributed by atoms with van der Waals surface area (Å²) in [6.45, 7) is 9.87. The first-order chi connectivity index (χ1) is 25.8. The highest BCUT2D eigenvalue weighted by Crippen LogP contribution is 2.51. The molecule has 4 aliphatic rings. The van der Waals surface area contributed by atoms with Gasteiger partial charge in [-0.3, -0.25) is 0 Å². The molecular weight excluding hydrogens is 725 g/mol. The van der Waals surface area contributed by atoms with Crippen LogP contribution in [0.3, 0.4) is 0 Å². The number of aryl methyl sites for hydroxylation is 3. The van der Waals surface area contributed by atoms with Gasteiger partial charge in [0.05, 0.1) is 11.0 Å². The fraction of sp³-hybridized carbons (Fsp3) is 0.650. The minimum Gasteiger partial charge on any atom is -0.317 e. The molecule has 14 heteroatoms. The Morgan fingerprint density at radius 2 is 1.37 bits per heavy atom. The molecule has 6 N–H and O–H groups in total. The first-order valence-electron chi connectivity index (χ1n) is 20.2. The van der Waals surface area contributed by atoms with Gasteiger partial charge in [0.2, 0.25) is 20.0 Å². The van der Waals surface area contributed by atoms with Crippen LogP contribution in [0.1, 0.15) is 123 Å². The molecule has 2 aromatic carbocycles. The molecule has 4 atom stereocenters. The summed E-state index contributed by atoms with van der Waals surface area (Å²) in [5.41, 5.74) is 10.8. The fourth-order valence-corrected chi connectivity index (χ4v) is 11.2. The smallest absolute Gasteiger partial charge is 0.317 e. The first-order valence-corrected chi connectivity index (χ1v) is 23.4. The Labute approximate surface area is 322 Å². The summed E-state index contributed by atoms with van der Waals surface area (Å²) in [4.78, 5) is 26.8. The number of anilines is 2. The van der Waals surface area contributed by atoms with Gasteiger partial charge in [0.1, 0.15) is 0 Å². The number of carbonyl (C=O) groups excluding carboxylic acids is 2. The van der Waals surface area contributed by atoms with E-state index in [0.29, 0.717) is 19.4 Å². The summed E-state index contributed by atoms with van der Waals surface area (Å²) < 4.78 is 56.7. The number of sulfonamides is 2. The highest BCUT2D eigenvalue weighted by atomic mass is 32.2. The van der Waals surface area contributed by atoms with Crippen LogP contribution in [0.4, 0.5) is 21.0 Å². The highest BCUT2D eigenvalue weighted by molar-refractivity contribution is 7.90. The molecule has 4 unspecified atom stereocenters. The zero-order chi connectivity index (χ0) is 38.6. The number of amides is 4. The lowest BCUT2D eigenvalue weighted by atomic mass is 9.83. The molecular formula is C40H60N6O6S2. The lowest BCUT2D eigenvalue weighted by molar-refractivity contribution is 0.255. The molecule has 0 aliphatic heterocycles. The number of urea groups is 2. The molecule has 0 saturated heterocycles. The monoisotopic (exact) mass is 784 g/mol. The van der Waals surface area contributed by atoms with Crippen molar-refractivity contribution in [2.75, 3.05) is 36.0 Å². The number of hydrogen-bond acceptors (Lipinski definition) is 8. The van der Waals surface area contributed by atoms with Gasteiger partial charge in [-0.1, -0.05) is 26.0 Å². The summed E-state index contributed by atoms with van der Waals surface area (Å²) in [5.74, 6) is 0.191. The highest BCUT2D eigenvalue weighted by Gasteiger charge is 2.40. The Morgan fingerprint density at radius 3 is 2.07 bits per heavy atom.